The molecule has 1 rings (SSSR count). The van der Waals surface area contributed by atoms with Crippen molar-refractivity contribution in [1.29, 1.82) is 0 Å². The van der Waals surface area contributed by atoms with Crippen LogP contribution in [-0.2, 0) is 4.74 Å². The van der Waals surface area contributed by atoms with Gasteiger partial charge in [0.25, 0.3) is 6.08 Å². The zero-order valence-corrected chi connectivity index (χ0v) is 10.9. The Morgan fingerprint density at radius 1 is 1.56 bits per heavy atom. The van der Waals surface area contributed by atoms with Gasteiger partial charge in [-0.15, -0.1) is 0 Å². The quantitative estimate of drug-likeness (QED) is 0.453. The van der Waals surface area contributed by atoms with E-state index in [1.165, 1.54) is 0 Å². The molecular formula is C11H13F2NO3S. The number of aryl methyl sites for hydroxylation is 1. The lowest BCUT2D eigenvalue weighted by molar-refractivity contribution is 0.0518. The summed E-state index contributed by atoms with van der Waals surface area (Å²) in [6.07, 6.45) is -0.704. The van der Waals surface area contributed by atoms with Crippen molar-refractivity contribution in [1.82, 2.24) is 5.16 Å². The maximum atomic E-state index is 11.8. The lowest BCUT2D eigenvalue weighted by atomic mass is 10.3. The Bertz CT molecular complexity index is 441. The van der Waals surface area contributed by atoms with Crippen LogP contribution in [0.2, 0.25) is 0 Å². The Hall–Kier alpha value is -1.37. The molecule has 0 unspecified atom stereocenters. The molecule has 0 aliphatic heterocycles. The third-order valence-corrected chi connectivity index (χ3v) is 2.94. The summed E-state index contributed by atoms with van der Waals surface area (Å²) in [6.45, 7) is 3.58. The number of aromatic nitrogens is 1. The van der Waals surface area contributed by atoms with Crippen LogP contribution in [0.25, 0.3) is 0 Å². The maximum absolute atomic E-state index is 11.8. The van der Waals surface area contributed by atoms with E-state index in [9.17, 15) is 13.6 Å². The van der Waals surface area contributed by atoms with E-state index in [0.717, 1.165) is 17.8 Å². The number of hydrogen-bond donors (Lipinski definition) is 0. The molecule has 4 nitrogen and oxygen atoms in total. The molecule has 7 heteroatoms. The zero-order chi connectivity index (χ0) is 13.5. The van der Waals surface area contributed by atoms with E-state index in [1.807, 2.05) is 0 Å². The summed E-state index contributed by atoms with van der Waals surface area (Å²) in [7, 11) is 0. The molecule has 0 N–H and O–H groups in total. The Morgan fingerprint density at radius 2 is 2.28 bits per heavy atom. The Balaban J connectivity index is 2.66. The number of halogens is 2. The molecule has 0 spiro atoms. The lowest BCUT2D eigenvalue weighted by Crippen LogP contribution is -2.06. The van der Waals surface area contributed by atoms with Crippen molar-refractivity contribution in [3.8, 4) is 0 Å². The number of nitrogens with zero attached hydrogens (tertiary/aromatic N) is 1. The summed E-state index contributed by atoms with van der Waals surface area (Å²) in [5.41, 5.74) is 0.703. The minimum atomic E-state index is -1.71. The van der Waals surface area contributed by atoms with Crippen LogP contribution >= 0.6 is 11.8 Å². The highest BCUT2D eigenvalue weighted by Crippen LogP contribution is 2.26. The predicted octanol–water partition coefficient (Wildman–Crippen LogP) is 3.42. The van der Waals surface area contributed by atoms with E-state index in [4.69, 9.17) is 9.26 Å². The number of carbonyl (C=O) groups excluding carboxylic acids is 1. The lowest BCUT2D eigenvalue weighted by Gasteiger charge is -2.01. The molecular weight excluding hydrogens is 264 g/mol. The van der Waals surface area contributed by atoms with Crippen molar-refractivity contribution in [2.24, 2.45) is 0 Å². The van der Waals surface area contributed by atoms with E-state index in [0.29, 0.717) is 16.5 Å². The van der Waals surface area contributed by atoms with Gasteiger partial charge in [0.2, 0.25) is 5.09 Å². The van der Waals surface area contributed by atoms with Crippen LogP contribution in [0.3, 0.4) is 0 Å². The molecule has 0 aliphatic carbocycles. The molecule has 1 aromatic heterocycles. The zero-order valence-electron chi connectivity index (χ0n) is 10.0. The molecule has 100 valence electrons. The average molecular weight is 277 g/mol. The van der Waals surface area contributed by atoms with Gasteiger partial charge in [-0.2, -0.15) is 8.78 Å². The molecule has 0 fully saturated rings. The van der Waals surface area contributed by atoms with Crippen LogP contribution in [0.15, 0.2) is 21.8 Å². The van der Waals surface area contributed by atoms with Gasteiger partial charge < -0.3 is 9.26 Å². The van der Waals surface area contributed by atoms with Crippen LogP contribution in [0, 0.1) is 6.92 Å². The van der Waals surface area contributed by atoms with Crippen molar-refractivity contribution >= 4 is 17.7 Å². The maximum Gasteiger partial charge on any atom is 0.344 e. The molecule has 1 aromatic rings. The second kappa shape index (κ2) is 7.15. The highest BCUT2D eigenvalue weighted by molar-refractivity contribution is 7.99. The molecule has 1 heterocycles. The fourth-order valence-electron chi connectivity index (χ4n) is 1.20. The average Bonchev–Trinajstić information content (AvgIpc) is 2.66. The second-order valence-corrected chi connectivity index (χ2v) is 4.35. The first-order valence-electron chi connectivity index (χ1n) is 5.33. The van der Waals surface area contributed by atoms with Gasteiger partial charge in [-0.3, -0.25) is 0 Å². The number of ether oxygens (including phenoxy) is 1. The van der Waals surface area contributed by atoms with Gasteiger partial charge in [0.05, 0.1) is 12.3 Å². The fraction of sp³-hybridized carbons (Fsp3) is 0.455. The third kappa shape index (κ3) is 4.14. The largest absolute Gasteiger partial charge is 0.462 e. The van der Waals surface area contributed by atoms with Crippen LogP contribution < -0.4 is 0 Å². The standard InChI is InChI=1S/C11H13F2NO3S/c1-3-16-10(15)9-7(2)14-17-11(9)18-6-4-5-8(12)13/h5H,3-4,6H2,1-2H3. The van der Waals surface area contributed by atoms with Crippen molar-refractivity contribution < 1.29 is 22.8 Å². The fourth-order valence-corrected chi connectivity index (χ4v) is 2.09. The minimum Gasteiger partial charge on any atom is -0.462 e. The highest BCUT2D eigenvalue weighted by atomic mass is 32.2. The van der Waals surface area contributed by atoms with Gasteiger partial charge in [-0.1, -0.05) is 16.9 Å². The predicted molar refractivity (Wildman–Crippen MR) is 62.8 cm³/mol. The number of esters is 1. The monoisotopic (exact) mass is 277 g/mol. The summed E-state index contributed by atoms with van der Waals surface area (Å²) >= 11 is 1.16. The molecule has 0 radical (unpaired) electrons. The topological polar surface area (TPSA) is 52.3 Å². The Labute approximate surface area is 107 Å². The van der Waals surface area contributed by atoms with E-state index in [1.54, 1.807) is 13.8 Å². The summed E-state index contributed by atoms with van der Waals surface area (Å²) in [4.78, 5) is 11.6. The first kappa shape index (κ1) is 14.7. The molecule has 0 aliphatic rings. The first-order chi connectivity index (χ1) is 8.56. The molecule has 0 saturated heterocycles. The van der Waals surface area contributed by atoms with E-state index in [-0.39, 0.29) is 18.6 Å². The Kier molecular flexibility index (Phi) is 5.84. The van der Waals surface area contributed by atoms with Crippen molar-refractivity contribution in [3.63, 3.8) is 0 Å². The van der Waals surface area contributed by atoms with Gasteiger partial charge in [0.15, 0.2) is 0 Å². The van der Waals surface area contributed by atoms with Crippen LogP contribution in [0.5, 0.6) is 0 Å². The molecule has 0 aromatic carbocycles. The summed E-state index contributed by atoms with van der Waals surface area (Å²) in [5, 5.41) is 3.98. The van der Waals surface area contributed by atoms with Gasteiger partial charge in [0, 0.05) is 5.75 Å². The van der Waals surface area contributed by atoms with Crippen molar-refractivity contribution in [2.45, 2.75) is 25.4 Å². The minimum absolute atomic E-state index is 0.189. The van der Waals surface area contributed by atoms with Gasteiger partial charge in [-0.05, 0) is 26.3 Å². The first-order valence-corrected chi connectivity index (χ1v) is 6.32. The van der Waals surface area contributed by atoms with Crippen molar-refractivity contribution in [2.75, 3.05) is 12.4 Å². The number of carbonyl (C=O) groups is 1. The molecule has 18 heavy (non-hydrogen) atoms. The second-order valence-electron chi connectivity index (χ2n) is 3.28. The van der Waals surface area contributed by atoms with E-state index in [2.05, 4.69) is 5.16 Å². The number of allylic oxidation sites excluding steroid dienone is 1. The molecule has 0 amide bonds. The third-order valence-electron chi connectivity index (χ3n) is 1.96. The van der Waals surface area contributed by atoms with Gasteiger partial charge in [-0.25, -0.2) is 4.79 Å². The molecule has 0 atom stereocenters. The number of rotatable bonds is 6. The molecule has 0 saturated carbocycles. The van der Waals surface area contributed by atoms with Crippen molar-refractivity contribution in [3.05, 3.63) is 23.4 Å². The van der Waals surface area contributed by atoms with Crippen LogP contribution in [0.1, 0.15) is 29.4 Å². The normalized spacial score (nSPS) is 10.2. The van der Waals surface area contributed by atoms with Gasteiger partial charge >= 0.3 is 5.97 Å². The SMILES string of the molecule is CCOC(=O)c1c(C)noc1SCCC=C(F)F. The van der Waals surface area contributed by atoms with E-state index < -0.39 is 12.0 Å². The number of thioether (sulfide) groups is 1. The summed E-state index contributed by atoms with van der Waals surface area (Å²) < 4.78 is 33.5. The number of hydrogen-bond acceptors (Lipinski definition) is 5. The smallest absolute Gasteiger partial charge is 0.344 e. The van der Waals surface area contributed by atoms with Gasteiger partial charge in [0.1, 0.15) is 5.56 Å². The van der Waals surface area contributed by atoms with E-state index >= 15 is 0 Å². The van der Waals surface area contributed by atoms with Crippen LogP contribution in [-0.4, -0.2) is 23.5 Å². The molecule has 0 bridgehead atoms. The summed E-state index contributed by atoms with van der Waals surface area (Å²) in [5.74, 6) is -0.135. The summed E-state index contributed by atoms with van der Waals surface area (Å²) in [6, 6.07) is 0. The van der Waals surface area contributed by atoms with Crippen LogP contribution in [0.4, 0.5) is 8.78 Å². The Morgan fingerprint density at radius 3 is 2.89 bits per heavy atom. The highest BCUT2D eigenvalue weighted by Gasteiger charge is 2.21.